The van der Waals surface area contributed by atoms with E-state index in [-0.39, 0.29) is 34.6 Å². The number of nitrogens with one attached hydrogen (secondary N) is 2. The molecule has 0 bridgehead atoms. The largest absolute Gasteiger partial charge is 0.573 e. The number of aromatic nitrogens is 2. The smallest absolute Gasteiger partial charge is 0.437 e. The van der Waals surface area contributed by atoms with E-state index in [9.17, 15) is 26.4 Å². The number of amides is 2. The SMILES string of the molecule is CC(C)(OCCS(=O)(=O)c1ccccn1)c1ccccc1Oc1ncccc1NC(=O)Nc1ccc(OC(F)(F)F)cc1. The van der Waals surface area contributed by atoms with Gasteiger partial charge in [-0.1, -0.05) is 24.3 Å². The van der Waals surface area contributed by atoms with Crippen LogP contribution in [0.15, 0.2) is 96.3 Å². The average Bonchev–Trinajstić information content (AvgIpc) is 2.95. The molecule has 4 rings (SSSR count). The van der Waals surface area contributed by atoms with Crippen molar-refractivity contribution in [2.45, 2.75) is 30.8 Å². The minimum Gasteiger partial charge on any atom is -0.437 e. The van der Waals surface area contributed by atoms with Gasteiger partial charge in [0, 0.05) is 23.6 Å². The molecule has 0 saturated carbocycles. The molecule has 0 saturated heterocycles. The van der Waals surface area contributed by atoms with Gasteiger partial charge in [0.1, 0.15) is 17.2 Å². The van der Waals surface area contributed by atoms with E-state index in [2.05, 4.69) is 25.3 Å². The molecule has 43 heavy (non-hydrogen) atoms. The van der Waals surface area contributed by atoms with Crippen molar-refractivity contribution in [2.24, 2.45) is 0 Å². The van der Waals surface area contributed by atoms with Crippen LogP contribution >= 0.6 is 0 Å². The minimum absolute atomic E-state index is 0.0353. The van der Waals surface area contributed by atoms with E-state index in [4.69, 9.17) is 9.47 Å². The summed E-state index contributed by atoms with van der Waals surface area (Å²) >= 11 is 0. The Kier molecular flexibility index (Phi) is 9.51. The molecule has 0 aliphatic heterocycles. The maximum absolute atomic E-state index is 12.6. The highest BCUT2D eigenvalue weighted by Gasteiger charge is 2.31. The summed E-state index contributed by atoms with van der Waals surface area (Å²) in [6.45, 7) is 3.41. The number of carbonyl (C=O) groups excluding carboxylic acids is 1. The van der Waals surface area contributed by atoms with Crippen LogP contribution in [0.2, 0.25) is 0 Å². The molecule has 0 aliphatic rings. The second-order valence-corrected chi connectivity index (χ2v) is 11.5. The number of hydrogen-bond donors (Lipinski definition) is 2. The lowest BCUT2D eigenvalue weighted by atomic mass is 9.97. The number of rotatable bonds is 11. The summed E-state index contributed by atoms with van der Waals surface area (Å²) in [6, 6.07) is 18.6. The molecule has 14 heteroatoms. The van der Waals surface area contributed by atoms with Crippen LogP contribution in [-0.4, -0.2) is 43.1 Å². The number of ether oxygens (including phenoxy) is 3. The minimum atomic E-state index is -4.83. The van der Waals surface area contributed by atoms with Crippen molar-refractivity contribution < 1.29 is 40.6 Å². The standard InChI is InChI=1S/C29H27F3N4O6S/c1-28(2,40-18-19-43(38,39)25-11-5-6-16-33-25)22-8-3-4-10-24(22)41-26-23(9-7-17-34-26)36-27(37)35-20-12-14-21(15-13-20)42-29(30,31)32/h3-17H,18-19H2,1-2H3,(H2,35,36,37). The number of sulfone groups is 1. The van der Waals surface area contributed by atoms with Crippen LogP contribution in [0, 0.1) is 0 Å². The quantitative estimate of drug-likeness (QED) is 0.195. The lowest BCUT2D eigenvalue weighted by Gasteiger charge is -2.28. The Hall–Kier alpha value is -4.69. The predicted octanol–water partition coefficient (Wildman–Crippen LogP) is 6.54. The molecule has 2 aromatic carbocycles. The third-order valence-corrected chi connectivity index (χ3v) is 7.46. The van der Waals surface area contributed by atoms with E-state index in [0.717, 1.165) is 12.1 Å². The first-order valence-electron chi connectivity index (χ1n) is 12.8. The second kappa shape index (κ2) is 13.1. The van der Waals surface area contributed by atoms with E-state index >= 15 is 0 Å². The summed E-state index contributed by atoms with van der Waals surface area (Å²) in [5.41, 5.74) is 0.0185. The number of hydrogen-bond acceptors (Lipinski definition) is 8. The van der Waals surface area contributed by atoms with Crippen LogP contribution in [0.25, 0.3) is 0 Å². The van der Waals surface area contributed by atoms with Gasteiger partial charge in [0.15, 0.2) is 14.9 Å². The summed E-state index contributed by atoms with van der Waals surface area (Å²) in [5.74, 6) is -0.310. The molecule has 0 atom stereocenters. The van der Waals surface area contributed by atoms with Gasteiger partial charge < -0.3 is 24.8 Å². The van der Waals surface area contributed by atoms with E-state index in [1.807, 2.05) is 0 Å². The van der Waals surface area contributed by atoms with Gasteiger partial charge in [0.25, 0.3) is 0 Å². The monoisotopic (exact) mass is 616 g/mol. The lowest BCUT2D eigenvalue weighted by molar-refractivity contribution is -0.274. The Bertz CT molecular complexity index is 1650. The Balaban J connectivity index is 1.43. The molecule has 4 aromatic rings. The zero-order chi connectivity index (χ0) is 31.1. The molecule has 2 amide bonds. The lowest BCUT2D eigenvalue weighted by Crippen LogP contribution is -2.26. The number of urea groups is 1. The molecule has 10 nitrogen and oxygen atoms in total. The average molecular weight is 617 g/mol. The predicted molar refractivity (Wildman–Crippen MR) is 152 cm³/mol. The van der Waals surface area contributed by atoms with Crippen molar-refractivity contribution in [3.63, 3.8) is 0 Å². The second-order valence-electron chi connectivity index (χ2n) is 9.45. The van der Waals surface area contributed by atoms with E-state index in [1.54, 1.807) is 62.4 Å². The molecule has 2 heterocycles. The van der Waals surface area contributed by atoms with Crippen LogP contribution in [-0.2, 0) is 20.2 Å². The van der Waals surface area contributed by atoms with Crippen LogP contribution in [0.3, 0.4) is 0 Å². The van der Waals surface area contributed by atoms with Gasteiger partial charge in [-0.2, -0.15) is 0 Å². The molecule has 0 radical (unpaired) electrons. The molecule has 2 N–H and O–H groups in total. The van der Waals surface area contributed by atoms with Gasteiger partial charge in [-0.3, -0.25) is 0 Å². The number of nitrogens with zero attached hydrogens (tertiary/aromatic N) is 2. The fraction of sp³-hybridized carbons (Fsp3) is 0.207. The number of halogens is 3. The normalized spacial score (nSPS) is 11.9. The maximum Gasteiger partial charge on any atom is 0.573 e. The molecule has 226 valence electrons. The summed E-state index contributed by atoms with van der Waals surface area (Å²) in [6.07, 6.45) is -1.96. The molecule has 0 spiro atoms. The molecule has 2 aromatic heterocycles. The van der Waals surface area contributed by atoms with Crippen molar-refractivity contribution in [1.82, 2.24) is 9.97 Å². The number of alkyl halides is 3. The van der Waals surface area contributed by atoms with Crippen molar-refractivity contribution in [3.05, 3.63) is 96.8 Å². The van der Waals surface area contributed by atoms with Crippen molar-refractivity contribution in [2.75, 3.05) is 23.0 Å². The topological polar surface area (TPSA) is 129 Å². The molecular weight excluding hydrogens is 589 g/mol. The Morgan fingerprint density at radius 1 is 0.860 bits per heavy atom. The van der Waals surface area contributed by atoms with Gasteiger partial charge in [0.2, 0.25) is 5.88 Å². The number of para-hydroxylation sites is 1. The summed E-state index contributed by atoms with van der Waals surface area (Å²) in [7, 11) is -3.65. The van der Waals surface area contributed by atoms with Gasteiger partial charge in [0.05, 0.1) is 18.0 Å². The van der Waals surface area contributed by atoms with Crippen LogP contribution in [0.5, 0.6) is 17.4 Å². The molecule has 0 unspecified atom stereocenters. The summed E-state index contributed by atoms with van der Waals surface area (Å²) in [4.78, 5) is 20.8. The highest BCUT2D eigenvalue weighted by molar-refractivity contribution is 7.91. The van der Waals surface area contributed by atoms with E-state index in [0.29, 0.717) is 11.3 Å². The van der Waals surface area contributed by atoms with Crippen molar-refractivity contribution >= 4 is 27.2 Å². The first-order valence-corrected chi connectivity index (χ1v) is 14.4. The zero-order valence-electron chi connectivity index (χ0n) is 23.0. The number of benzene rings is 2. The van der Waals surface area contributed by atoms with E-state index < -0.39 is 33.6 Å². The maximum atomic E-state index is 12.6. The number of pyridine rings is 2. The highest BCUT2D eigenvalue weighted by Crippen LogP contribution is 2.36. The Labute approximate surface area is 245 Å². The van der Waals surface area contributed by atoms with Crippen LogP contribution < -0.4 is 20.1 Å². The van der Waals surface area contributed by atoms with Crippen LogP contribution in [0.4, 0.5) is 29.3 Å². The fourth-order valence-corrected chi connectivity index (χ4v) is 4.89. The van der Waals surface area contributed by atoms with Crippen molar-refractivity contribution in [1.29, 1.82) is 0 Å². The Morgan fingerprint density at radius 3 is 2.26 bits per heavy atom. The first-order chi connectivity index (χ1) is 20.3. The van der Waals surface area contributed by atoms with E-state index in [1.165, 1.54) is 30.6 Å². The van der Waals surface area contributed by atoms with Gasteiger partial charge in [-0.05, 0) is 68.4 Å². The van der Waals surface area contributed by atoms with Gasteiger partial charge in [-0.25, -0.2) is 23.2 Å². The fourth-order valence-electron chi connectivity index (χ4n) is 3.87. The molecular formula is C29H27F3N4O6S. The zero-order valence-corrected chi connectivity index (χ0v) is 23.8. The molecule has 0 aliphatic carbocycles. The third kappa shape index (κ3) is 8.90. The van der Waals surface area contributed by atoms with Gasteiger partial charge >= 0.3 is 12.4 Å². The highest BCUT2D eigenvalue weighted by atomic mass is 32.2. The first kappa shape index (κ1) is 31.3. The Morgan fingerprint density at radius 2 is 1.56 bits per heavy atom. The summed E-state index contributed by atoms with van der Waals surface area (Å²) < 4.78 is 78.3. The van der Waals surface area contributed by atoms with Crippen molar-refractivity contribution in [3.8, 4) is 17.4 Å². The number of carbonyl (C=O) groups is 1. The van der Waals surface area contributed by atoms with Gasteiger partial charge in [-0.15, -0.1) is 13.2 Å². The number of anilines is 2. The van der Waals surface area contributed by atoms with Crippen LogP contribution in [0.1, 0.15) is 19.4 Å². The summed E-state index contributed by atoms with van der Waals surface area (Å²) in [5, 5.41) is 5.08. The molecule has 0 fully saturated rings. The third-order valence-electron chi connectivity index (χ3n) is 5.88.